The number of rotatable bonds is 6. The third-order valence-corrected chi connectivity index (χ3v) is 4.93. The van der Waals surface area contributed by atoms with Gasteiger partial charge in [0, 0.05) is 11.2 Å². The number of alkyl halides is 2. The minimum atomic E-state index is -3.12. The van der Waals surface area contributed by atoms with Crippen molar-refractivity contribution >= 4 is 28.4 Å². The lowest BCUT2D eigenvalue weighted by Gasteiger charge is -2.17. The van der Waals surface area contributed by atoms with Gasteiger partial charge in [0.05, 0.1) is 18.2 Å². The van der Waals surface area contributed by atoms with E-state index in [0.717, 1.165) is 5.56 Å². The first kappa shape index (κ1) is 19.3. The molecular weight excluding hydrogens is 396 g/mol. The second-order valence-corrected chi connectivity index (χ2v) is 7.19. The van der Waals surface area contributed by atoms with Gasteiger partial charge in [-0.1, -0.05) is 35.9 Å². The Morgan fingerprint density at radius 1 is 1.10 bits per heavy atom. The van der Waals surface area contributed by atoms with Crippen LogP contribution in [0.2, 0.25) is 5.02 Å². The van der Waals surface area contributed by atoms with Gasteiger partial charge in [0.15, 0.2) is 5.58 Å². The van der Waals surface area contributed by atoms with Crippen molar-refractivity contribution in [1.29, 1.82) is 0 Å². The van der Waals surface area contributed by atoms with Gasteiger partial charge in [-0.05, 0) is 48.9 Å². The predicted molar refractivity (Wildman–Crippen MR) is 110 cm³/mol. The molecule has 0 spiro atoms. The lowest BCUT2D eigenvalue weighted by atomic mass is 10.0. The zero-order valence-electron chi connectivity index (χ0n) is 15.6. The van der Waals surface area contributed by atoms with Crippen LogP contribution in [-0.4, -0.2) is 16.5 Å². The van der Waals surface area contributed by atoms with Crippen LogP contribution in [0, 0.1) is 0 Å². The smallest absolute Gasteiger partial charge is 0.306 e. The van der Waals surface area contributed by atoms with Gasteiger partial charge in [-0.15, -0.1) is 0 Å². The lowest BCUT2D eigenvalue weighted by molar-refractivity contribution is 0.00602. The van der Waals surface area contributed by atoms with Crippen molar-refractivity contribution in [3.8, 4) is 0 Å². The molecule has 2 aromatic carbocycles. The van der Waals surface area contributed by atoms with Crippen LogP contribution in [0.4, 0.5) is 14.5 Å². The summed E-state index contributed by atoms with van der Waals surface area (Å²) in [7, 11) is 0. The molecule has 0 saturated heterocycles. The van der Waals surface area contributed by atoms with E-state index in [1.807, 2.05) is 25.1 Å². The zero-order valence-corrected chi connectivity index (χ0v) is 16.3. The molecule has 4 aromatic rings. The van der Waals surface area contributed by atoms with Gasteiger partial charge in [0.2, 0.25) is 5.89 Å². The highest BCUT2D eigenvalue weighted by molar-refractivity contribution is 6.30. The summed E-state index contributed by atoms with van der Waals surface area (Å²) in [5.74, 6) is -2.76. The second kappa shape index (κ2) is 7.79. The molecular formula is C22H18ClF2N3O. The summed E-state index contributed by atoms with van der Waals surface area (Å²) < 4.78 is 34.8. The standard InChI is InChI=1S/C22H18ClF2N3O/c1-14(15-6-4-7-16(23)12-15)21-28-20-17(8-5-9-18(20)29-21)27-13-22(24,25)19-10-2-3-11-26-19/h2-12,14,27H,13H2,1H3. The van der Waals surface area contributed by atoms with E-state index < -0.39 is 12.5 Å². The topological polar surface area (TPSA) is 51.0 Å². The number of pyridine rings is 1. The van der Waals surface area contributed by atoms with E-state index in [1.54, 1.807) is 30.3 Å². The quantitative estimate of drug-likeness (QED) is 0.407. The number of nitrogens with one attached hydrogen (secondary N) is 1. The Hall–Kier alpha value is -2.99. The maximum absolute atomic E-state index is 14.5. The van der Waals surface area contributed by atoms with Crippen LogP contribution >= 0.6 is 11.6 Å². The van der Waals surface area contributed by atoms with Gasteiger partial charge in [-0.3, -0.25) is 4.98 Å². The molecule has 0 aliphatic rings. The maximum Gasteiger partial charge on any atom is 0.306 e. The molecule has 0 saturated carbocycles. The fraction of sp³-hybridized carbons (Fsp3) is 0.182. The Labute approximate surface area is 171 Å². The summed E-state index contributed by atoms with van der Waals surface area (Å²) >= 11 is 6.08. The molecule has 4 rings (SSSR count). The number of hydrogen-bond acceptors (Lipinski definition) is 4. The van der Waals surface area contributed by atoms with E-state index in [-0.39, 0.29) is 11.6 Å². The number of benzene rings is 2. The Bertz CT molecular complexity index is 1130. The number of halogens is 3. The molecule has 148 valence electrons. The molecule has 0 bridgehead atoms. The Kier molecular flexibility index (Phi) is 5.20. The average molecular weight is 414 g/mol. The Balaban J connectivity index is 1.60. The minimum Gasteiger partial charge on any atom is -0.440 e. The molecule has 29 heavy (non-hydrogen) atoms. The molecule has 0 radical (unpaired) electrons. The van der Waals surface area contributed by atoms with Gasteiger partial charge in [0.25, 0.3) is 0 Å². The molecule has 2 aromatic heterocycles. The van der Waals surface area contributed by atoms with Gasteiger partial charge in [0.1, 0.15) is 11.2 Å². The normalized spacial score (nSPS) is 12.8. The van der Waals surface area contributed by atoms with Crippen molar-refractivity contribution in [2.45, 2.75) is 18.8 Å². The molecule has 0 fully saturated rings. The number of hydrogen-bond donors (Lipinski definition) is 1. The average Bonchev–Trinajstić information content (AvgIpc) is 3.17. The largest absolute Gasteiger partial charge is 0.440 e. The van der Waals surface area contributed by atoms with Crippen molar-refractivity contribution < 1.29 is 13.2 Å². The lowest BCUT2D eigenvalue weighted by Crippen LogP contribution is -2.25. The number of para-hydroxylation sites is 1. The number of anilines is 1. The molecule has 0 aliphatic carbocycles. The van der Waals surface area contributed by atoms with Gasteiger partial charge in [-0.2, -0.15) is 8.78 Å². The molecule has 1 unspecified atom stereocenters. The molecule has 0 aliphatic heterocycles. The first-order valence-corrected chi connectivity index (χ1v) is 9.50. The summed E-state index contributed by atoms with van der Waals surface area (Å²) in [6.45, 7) is 1.36. The van der Waals surface area contributed by atoms with Crippen LogP contribution in [0.3, 0.4) is 0 Å². The van der Waals surface area contributed by atoms with Crippen LogP contribution in [0.15, 0.2) is 71.3 Å². The van der Waals surface area contributed by atoms with Crippen molar-refractivity contribution in [3.05, 3.63) is 89.0 Å². The summed E-state index contributed by atoms with van der Waals surface area (Å²) in [4.78, 5) is 8.32. The fourth-order valence-electron chi connectivity index (χ4n) is 3.09. The van der Waals surface area contributed by atoms with Crippen LogP contribution < -0.4 is 5.32 Å². The van der Waals surface area contributed by atoms with Crippen LogP contribution in [0.5, 0.6) is 0 Å². The first-order valence-electron chi connectivity index (χ1n) is 9.12. The predicted octanol–water partition coefficient (Wildman–Crippen LogP) is 6.23. The second-order valence-electron chi connectivity index (χ2n) is 6.75. The molecule has 2 heterocycles. The van der Waals surface area contributed by atoms with Crippen molar-refractivity contribution in [3.63, 3.8) is 0 Å². The molecule has 1 atom stereocenters. The number of fused-ring (bicyclic) bond motifs is 1. The summed E-state index contributed by atoms with van der Waals surface area (Å²) in [5.41, 5.74) is 2.19. The number of oxazole rings is 1. The van der Waals surface area contributed by atoms with E-state index >= 15 is 0 Å². The Morgan fingerprint density at radius 3 is 2.69 bits per heavy atom. The first-order chi connectivity index (χ1) is 13.9. The highest BCUT2D eigenvalue weighted by atomic mass is 35.5. The molecule has 4 nitrogen and oxygen atoms in total. The monoisotopic (exact) mass is 413 g/mol. The van der Waals surface area contributed by atoms with Gasteiger partial charge >= 0.3 is 5.92 Å². The van der Waals surface area contributed by atoms with Crippen molar-refractivity contribution in [2.24, 2.45) is 0 Å². The third kappa shape index (κ3) is 4.07. The van der Waals surface area contributed by atoms with E-state index in [2.05, 4.69) is 15.3 Å². The van der Waals surface area contributed by atoms with E-state index in [4.69, 9.17) is 16.0 Å². The zero-order chi connectivity index (χ0) is 20.4. The molecule has 7 heteroatoms. The molecule has 0 amide bonds. The van der Waals surface area contributed by atoms with Crippen LogP contribution in [0.1, 0.15) is 30.0 Å². The number of aromatic nitrogens is 2. The number of nitrogens with zero attached hydrogens (tertiary/aromatic N) is 2. The summed E-state index contributed by atoms with van der Waals surface area (Å²) in [5, 5.41) is 3.42. The maximum atomic E-state index is 14.5. The van der Waals surface area contributed by atoms with Gasteiger partial charge < -0.3 is 9.73 Å². The van der Waals surface area contributed by atoms with E-state index in [9.17, 15) is 8.78 Å². The van der Waals surface area contributed by atoms with E-state index in [1.165, 1.54) is 18.3 Å². The highest BCUT2D eigenvalue weighted by Crippen LogP contribution is 2.32. The summed E-state index contributed by atoms with van der Waals surface area (Å²) in [6.07, 6.45) is 1.35. The fourth-order valence-corrected chi connectivity index (χ4v) is 3.29. The third-order valence-electron chi connectivity index (χ3n) is 4.70. The van der Waals surface area contributed by atoms with Crippen molar-refractivity contribution in [1.82, 2.24) is 9.97 Å². The summed E-state index contributed by atoms with van der Waals surface area (Å²) in [6, 6.07) is 17.1. The minimum absolute atomic E-state index is 0.135. The van der Waals surface area contributed by atoms with Crippen LogP contribution in [-0.2, 0) is 5.92 Å². The van der Waals surface area contributed by atoms with Gasteiger partial charge in [-0.25, -0.2) is 4.98 Å². The van der Waals surface area contributed by atoms with E-state index in [0.29, 0.717) is 27.7 Å². The highest BCUT2D eigenvalue weighted by Gasteiger charge is 2.33. The van der Waals surface area contributed by atoms with Crippen LogP contribution in [0.25, 0.3) is 11.1 Å². The Morgan fingerprint density at radius 2 is 1.93 bits per heavy atom. The SMILES string of the molecule is CC(c1cccc(Cl)c1)c1nc2c(NCC(F)(F)c3ccccn3)cccc2o1. The molecule has 1 N–H and O–H groups in total. The van der Waals surface area contributed by atoms with Crippen molar-refractivity contribution in [2.75, 3.05) is 11.9 Å².